The summed E-state index contributed by atoms with van der Waals surface area (Å²) in [5.74, 6) is -0.0839. The van der Waals surface area contributed by atoms with Crippen molar-refractivity contribution in [2.75, 3.05) is 27.2 Å². The molecule has 0 spiro atoms. The van der Waals surface area contributed by atoms with Crippen LogP contribution in [0.3, 0.4) is 0 Å². The number of likely N-dealkylation sites (N-methyl/N-ethyl adjacent to an activating group) is 1. The highest BCUT2D eigenvalue weighted by molar-refractivity contribution is 9.10. The fourth-order valence-corrected chi connectivity index (χ4v) is 2.04. The number of rotatable bonds is 4. The summed E-state index contributed by atoms with van der Waals surface area (Å²) in [6.45, 7) is 1.46. The average molecular weight is 303 g/mol. The Balaban J connectivity index is 2.59. The van der Waals surface area contributed by atoms with Crippen LogP contribution in [0.25, 0.3) is 0 Å². The van der Waals surface area contributed by atoms with Crippen LogP contribution in [0.1, 0.15) is 10.4 Å². The summed E-state index contributed by atoms with van der Waals surface area (Å²) in [4.78, 5) is 14.5. The Labute approximate surface area is 110 Å². The fourth-order valence-electron chi connectivity index (χ4n) is 1.19. The molecule has 0 bridgehead atoms. The Hall–Kier alpha value is -0.520. The van der Waals surface area contributed by atoms with Gasteiger partial charge in [0.15, 0.2) is 0 Å². The molecule has 0 unspecified atom stereocenters. The molecule has 16 heavy (non-hydrogen) atoms. The molecular formula is C11H15BrN2OS. The molecule has 1 amide bonds. The molecule has 5 heteroatoms. The van der Waals surface area contributed by atoms with Crippen molar-refractivity contribution < 1.29 is 4.79 Å². The lowest BCUT2D eigenvalue weighted by atomic mass is 10.2. The van der Waals surface area contributed by atoms with Crippen molar-refractivity contribution in [2.24, 2.45) is 0 Å². The van der Waals surface area contributed by atoms with Gasteiger partial charge in [0.05, 0.1) is 5.56 Å². The molecule has 0 saturated heterocycles. The molecule has 0 aliphatic heterocycles. The minimum absolute atomic E-state index is 0.0839. The average Bonchev–Trinajstić information content (AvgIpc) is 2.16. The topological polar surface area (TPSA) is 32.3 Å². The highest BCUT2D eigenvalue weighted by Gasteiger charge is 2.08. The third-order valence-corrected chi connectivity index (χ3v) is 2.91. The second kappa shape index (κ2) is 6.27. The smallest absolute Gasteiger partial charge is 0.252 e. The van der Waals surface area contributed by atoms with E-state index in [0.717, 1.165) is 11.0 Å². The Morgan fingerprint density at radius 1 is 1.50 bits per heavy atom. The van der Waals surface area contributed by atoms with Crippen LogP contribution in [0.5, 0.6) is 0 Å². The van der Waals surface area contributed by atoms with Gasteiger partial charge in [-0.25, -0.2) is 0 Å². The van der Waals surface area contributed by atoms with Gasteiger partial charge in [-0.2, -0.15) is 0 Å². The van der Waals surface area contributed by atoms with E-state index in [2.05, 4.69) is 33.9 Å². The third-order valence-electron chi connectivity index (χ3n) is 2.05. The first-order chi connectivity index (χ1) is 7.50. The molecule has 0 saturated carbocycles. The molecule has 0 aromatic heterocycles. The van der Waals surface area contributed by atoms with Crippen LogP contribution in [-0.4, -0.2) is 38.0 Å². The highest BCUT2D eigenvalue weighted by Crippen LogP contribution is 2.19. The van der Waals surface area contributed by atoms with E-state index in [1.807, 2.05) is 31.1 Å². The van der Waals surface area contributed by atoms with Gasteiger partial charge in [0.25, 0.3) is 5.91 Å². The molecule has 1 N–H and O–H groups in total. The van der Waals surface area contributed by atoms with Crippen LogP contribution >= 0.6 is 28.6 Å². The molecule has 1 aromatic carbocycles. The van der Waals surface area contributed by atoms with Gasteiger partial charge < -0.3 is 10.2 Å². The molecule has 0 radical (unpaired) electrons. The number of hydrogen-bond donors (Lipinski definition) is 2. The third kappa shape index (κ3) is 4.15. The van der Waals surface area contributed by atoms with Crippen molar-refractivity contribution in [1.29, 1.82) is 0 Å². The first-order valence-electron chi connectivity index (χ1n) is 4.92. The number of thiol groups is 1. The van der Waals surface area contributed by atoms with Gasteiger partial charge in [0, 0.05) is 22.5 Å². The van der Waals surface area contributed by atoms with Crippen molar-refractivity contribution >= 4 is 34.5 Å². The molecule has 0 aliphatic rings. The molecule has 0 aliphatic carbocycles. The number of carbonyl (C=O) groups excluding carboxylic acids is 1. The number of amides is 1. The molecule has 3 nitrogen and oxygen atoms in total. The maximum Gasteiger partial charge on any atom is 0.252 e. The standard InChI is InChI=1S/C11H15BrN2OS/c1-14(2)6-5-13-11(15)9-4-3-8(12)7-10(9)16/h3-4,7,16H,5-6H2,1-2H3,(H,13,15). The van der Waals surface area contributed by atoms with E-state index in [-0.39, 0.29) is 5.91 Å². The van der Waals surface area contributed by atoms with Crippen LogP contribution in [-0.2, 0) is 0 Å². The Morgan fingerprint density at radius 3 is 2.75 bits per heavy atom. The minimum Gasteiger partial charge on any atom is -0.351 e. The van der Waals surface area contributed by atoms with Crippen molar-refractivity contribution in [1.82, 2.24) is 10.2 Å². The Bertz CT molecular complexity index is 382. The van der Waals surface area contributed by atoms with Gasteiger partial charge in [-0.1, -0.05) is 15.9 Å². The predicted molar refractivity (Wildman–Crippen MR) is 72.3 cm³/mol. The number of nitrogens with zero attached hydrogens (tertiary/aromatic N) is 1. The molecular weight excluding hydrogens is 288 g/mol. The van der Waals surface area contributed by atoms with Crippen molar-refractivity contribution in [3.63, 3.8) is 0 Å². The quantitative estimate of drug-likeness (QED) is 0.834. The number of benzene rings is 1. The highest BCUT2D eigenvalue weighted by atomic mass is 79.9. The lowest BCUT2D eigenvalue weighted by Gasteiger charge is -2.11. The zero-order valence-corrected chi connectivity index (χ0v) is 11.8. The summed E-state index contributed by atoms with van der Waals surface area (Å²) < 4.78 is 0.919. The summed E-state index contributed by atoms with van der Waals surface area (Å²) in [5, 5.41) is 2.85. The molecule has 1 rings (SSSR count). The molecule has 0 atom stereocenters. The lowest BCUT2D eigenvalue weighted by molar-refractivity contribution is 0.0948. The van der Waals surface area contributed by atoms with Crippen molar-refractivity contribution in [3.8, 4) is 0 Å². The van der Waals surface area contributed by atoms with E-state index >= 15 is 0 Å². The largest absolute Gasteiger partial charge is 0.351 e. The summed E-state index contributed by atoms with van der Waals surface area (Å²) in [6.07, 6.45) is 0. The second-order valence-electron chi connectivity index (χ2n) is 3.72. The minimum atomic E-state index is -0.0839. The van der Waals surface area contributed by atoms with Crippen molar-refractivity contribution in [2.45, 2.75) is 4.90 Å². The van der Waals surface area contributed by atoms with E-state index in [1.165, 1.54) is 0 Å². The zero-order chi connectivity index (χ0) is 12.1. The first-order valence-corrected chi connectivity index (χ1v) is 6.16. The normalized spacial score (nSPS) is 10.6. The first kappa shape index (κ1) is 13.5. The van der Waals surface area contributed by atoms with E-state index in [1.54, 1.807) is 6.07 Å². The van der Waals surface area contributed by atoms with Crippen LogP contribution in [0, 0.1) is 0 Å². The number of carbonyl (C=O) groups is 1. The summed E-state index contributed by atoms with van der Waals surface area (Å²) in [5.41, 5.74) is 0.602. The van der Waals surface area contributed by atoms with E-state index in [9.17, 15) is 4.79 Å². The monoisotopic (exact) mass is 302 g/mol. The van der Waals surface area contributed by atoms with Crippen LogP contribution in [0.4, 0.5) is 0 Å². The molecule has 88 valence electrons. The summed E-state index contributed by atoms with van der Waals surface area (Å²) >= 11 is 7.60. The fraction of sp³-hybridized carbons (Fsp3) is 0.364. The van der Waals surface area contributed by atoms with Gasteiger partial charge in [0.2, 0.25) is 0 Å². The predicted octanol–water partition coefficient (Wildman–Crippen LogP) is 2.03. The number of halogens is 1. The summed E-state index contributed by atoms with van der Waals surface area (Å²) in [7, 11) is 3.94. The van der Waals surface area contributed by atoms with Gasteiger partial charge >= 0.3 is 0 Å². The van der Waals surface area contributed by atoms with Gasteiger partial charge in [0.1, 0.15) is 0 Å². The maximum absolute atomic E-state index is 11.8. The maximum atomic E-state index is 11.8. The van der Waals surface area contributed by atoms with E-state index < -0.39 is 0 Å². The zero-order valence-electron chi connectivity index (χ0n) is 9.33. The summed E-state index contributed by atoms with van der Waals surface area (Å²) in [6, 6.07) is 5.40. The van der Waals surface area contributed by atoms with Crippen LogP contribution in [0.2, 0.25) is 0 Å². The SMILES string of the molecule is CN(C)CCNC(=O)c1ccc(Br)cc1S. The van der Waals surface area contributed by atoms with Crippen LogP contribution in [0.15, 0.2) is 27.6 Å². The van der Waals surface area contributed by atoms with Crippen LogP contribution < -0.4 is 5.32 Å². The molecule has 0 fully saturated rings. The number of hydrogen-bond acceptors (Lipinski definition) is 3. The van der Waals surface area contributed by atoms with E-state index in [4.69, 9.17) is 0 Å². The second-order valence-corrected chi connectivity index (χ2v) is 5.12. The van der Waals surface area contributed by atoms with Gasteiger partial charge in [-0.15, -0.1) is 12.6 Å². The molecule has 1 aromatic rings. The van der Waals surface area contributed by atoms with Crippen molar-refractivity contribution in [3.05, 3.63) is 28.2 Å². The number of nitrogens with one attached hydrogen (secondary N) is 1. The van der Waals surface area contributed by atoms with E-state index in [0.29, 0.717) is 17.0 Å². The van der Waals surface area contributed by atoms with Gasteiger partial charge in [-0.3, -0.25) is 4.79 Å². The lowest BCUT2D eigenvalue weighted by Crippen LogP contribution is -2.31. The molecule has 0 heterocycles. The van der Waals surface area contributed by atoms with Gasteiger partial charge in [-0.05, 0) is 32.3 Å². The Kier molecular flexibility index (Phi) is 5.31. The Morgan fingerprint density at radius 2 is 2.19 bits per heavy atom.